The van der Waals surface area contributed by atoms with E-state index in [0.717, 1.165) is 0 Å². The van der Waals surface area contributed by atoms with Gasteiger partial charge in [-0.05, 0) is 6.92 Å². The Morgan fingerprint density at radius 1 is 1.06 bits per heavy atom. The molecule has 0 bridgehead atoms. The van der Waals surface area contributed by atoms with Crippen molar-refractivity contribution in [3.05, 3.63) is 0 Å². The van der Waals surface area contributed by atoms with E-state index in [1.807, 2.05) is 0 Å². The van der Waals surface area contributed by atoms with Gasteiger partial charge in [-0.1, -0.05) is 0 Å². The molecule has 0 N–H and O–H groups in total. The molecule has 2 aliphatic heterocycles. The van der Waals surface area contributed by atoms with E-state index in [1.54, 1.807) is 6.92 Å². The van der Waals surface area contributed by atoms with Crippen LogP contribution in [-0.2, 0) is 14.9 Å². The average molecular weight is 263 g/mol. The first-order valence-electron chi connectivity index (χ1n) is 5.72. The number of hydrogen-bond donors (Lipinski definition) is 0. The highest BCUT2D eigenvalue weighted by Gasteiger charge is 2.38. The molecule has 0 aromatic carbocycles. The number of ether oxygens (including phenoxy) is 1. The van der Waals surface area contributed by atoms with Crippen LogP contribution in [0.25, 0.3) is 0 Å². The fraction of sp³-hybridized carbons (Fsp3) is 0.889. The van der Waals surface area contributed by atoms with Crippen LogP contribution < -0.4 is 0 Å². The third kappa shape index (κ3) is 2.70. The van der Waals surface area contributed by atoms with Gasteiger partial charge in [0.25, 0.3) is 10.2 Å². The maximum atomic E-state index is 11.9. The van der Waals surface area contributed by atoms with E-state index >= 15 is 0 Å². The number of hydrogen-bond acceptors (Lipinski definition) is 4. The van der Waals surface area contributed by atoms with E-state index in [2.05, 4.69) is 0 Å². The van der Waals surface area contributed by atoms with Gasteiger partial charge in [-0.2, -0.15) is 17.0 Å². The molecule has 0 spiro atoms. The summed E-state index contributed by atoms with van der Waals surface area (Å²) in [5.41, 5.74) is 0. The Bertz CT molecular complexity index is 385. The van der Waals surface area contributed by atoms with E-state index in [9.17, 15) is 13.2 Å². The minimum atomic E-state index is -3.26. The van der Waals surface area contributed by atoms with Gasteiger partial charge < -0.3 is 9.64 Å². The Morgan fingerprint density at radius 2 is 1.53 bits per heavy atom. The third-order valence-electron chi connectivity index (χ3n) is 2.82. The van der Waals surface area contributed by atoms with E-state index < -0.39 is 10.2 Å². The Morgan fingerprint density at radius 3 is 1.94 bits per heavy atom. The van der Waals surface area contributed by atoms with E-state index in [1.165, 1.54) is 13.5 Å². The van der Waals surface area contributed by atoms with Gasteiger partial charge in [0, 0.05) is 39.3 Å². The van der Waals surface area contributed by atoms with Crippen molar-refractivity contribution in [2.45, 2.75) is 6.92 Å². The fourth-order valence-corrected chi connectivity index (χ4v) is 3.25. The molecule has 0 aliphatic carbocycles. The number of rotatable bonds is 3. The topological polar surface area (TPSA) is 69.9 Å². The first-order chi connectivity index (χ1) is 8.05. The predicted molar refractivity (Wildman–Crippen MR) is 60.7 cm³/mol. The lowest BCUT2D eigenvalue weighted by atomic mass is 10.4. The van der Waals surface area contributed by atoms with Crippen molar-refractivity contribution in [3.63, 3.8) is 0 Å². The van der Waals surface area contributed by atoms with Gasteiger partial charge in [-0.3, -0.25) is 0 Å². The fourth-order valence-electron chi connectivity index (χ4n) is 1.75. The minimum Gasteiger partial charge on any atom is -0.450 e. The summed E-state index contributed by atoms with van der Waals surface area (Å²) in [6.07, 6.45) is -0.365. The van der Waals surface area contributed by atoms with Crippen LogP contribution in [0.3, 0.4) is 0 Å². The molecule has 2 rings (SSSR count). The zero-order chi connectivity index (χ0) is 12.5. The summed E-state index contributed by atoms with van der Waals surface area (Å²) in [4.78, 5) is 13.0. The largest absolute Gasteiger partial charge is 0.450 e. The molecular formula is C9H17N3O4S. The smallest absolute Gasteiger partial charge is 0.409 e. The maximum Gasteiger partial charge on any atom is 0.409 e. The minimum absolute atomic E-state index is 0.338. The molecule has 2 aliphatic rings. The molecule has 2 fully saturated rings. The highest BCUT2D eigenvalue weighted by molar-refractivity contribution is 7.87. The van der Waals surface area contributed by atoms with Gasteiger partial charge in [0.2, 0.25) is 0 Å². The standard InChI is InChI=1S/C9H17N3O4S/c1-2-16-9(13)10-3-5-11(6-4-10)17(14,15)12-7-8-12/h2-8H2,1H3. The summed E-state index contributed by atoms with van der Waals surface area (Å²) in [6, 6.07) is 0. The van der Waals surface area contributed by atoms with Crippen LogP contribution in [0.2, 0.25) is 0 Å². The van der Waals surface area contributed by atoms with Crippen molar-refractivity contribution in [2.75, 3.05) is 45.9 Å². The second-order valence-electron chi connectivity index (χ2n) is 3.99. The van der Waals surface area contributed by atoms with Crippen molar-refractivity contribution in [1.29, 1.82) is 0 Å². The van der Waals surface area contributed by atoms with Gasteiger partial charge >= 0.3 is 6.09 Å². The molecule has 2 saturated heterocycles. The third-order valence-corrected chi connectivity index (χ3v) is 4.86. The number of amides is 1. The highest BCUT2D eigenvalue weighted by Crippen LogP contribution is 2.18. The van der Waals surface area contributed by atoms with Gasteiger partial charge in [0.1, 0.15) is 0 Å². The van der Waals surface area contributed by atoms with Gasteiger partial charge in [-0.25, -0.2) is 4.79 Å². The van der Waals surface area contributed by atoms with Crippen LogP contribution >= 0.6 is 0 Å². The van der Waals surface area contributed by atoms with Crippen LogP contribution in [0.5, 0.6) is 0 Å². The van der Waals surface area contributed by atoms with E-state index in [4.69, 9.17) is 4.74 Å². The van der Waals surface area contributed by atoms with Crippen LogP contribution in [0, 0.1) is 0 Å². The maximum absolute atomic E-state index is 11.9. The number of carbonyl (C=O) groups excluding carboxylic acids is 1. The summed E-state index contributed by atoms with van der Waals surface area (Å²) in [6.45, 7) is 4.79. The molecule has 8 heteroatoms. The first-order valence-corrected chi connectivity index (χ1v) is 7.12. The molecule has 7 nitrogen and oxygen atoms in total. The Labute approximate surface area is 101 Å². The lowest BCUT2D eigenvalue weighted by molar-refractivity contribution is 0.0929. The zero-order valence-electron chi connectivity index (χ0n) is 9.83. The SMILES string of the molecule is CCOC(=O)N1CCN(S(=O)(=O)N2CC2)CC1. The lowest BCUT2D eigenvalue weighted by Gasteiger charge is -2.33. The molecule has 0 radical (unpaired) electrons. The molecule has 2 heterocycles. The van der Waals surface area contributed by atoms with E-state index in [-0.39, 0.29) is 6.09 Å². The average Bonchev–Trinajstić information content (AvgIpc) is 3.13. The van der Waals surface area contributed by atoms with Crippen molar-refractivity contribution >= 4 is 16.3 Å². The predicted octanol–water partition coefficient (Wildman–Crippen LogP) is -0.679. The second-order valence-corrected chi connectivity index (χ2v) is 5.92. The summed E-state index contributed by atoms with van der Waals surface area (Å²) in [5.74, 6) is 0. The summed E-state index contributed by atoms with van der Waals surface area (Å²) in [5, 5.41) is 0. The molecule has 1 amide bonds. The van der Waals surface area contributed by atoms with Crippen molar-refractivity contribution in [2.24, 2.45) is 0 Å². The first kappa shape index (κ1) is 12.6. The Hall–Kier alpha value is -0.860. The quantitative estimate of drug-likeness (QED) is 0.633. The molecule has 0 aromatic rings. The van der Waals surface area contributed by atoms with Gasteiger partial charge in [0.05, 0.1) is 6.61 Å². The number of carbonyl (C=O) groups is 1. The number of piperazine rings is 1. The van der Waals surface area contributed by atoms with Gasteiger partial charge in [0.15, 0.2) is 0 Å². The molecule has 98 valence electrons. The molecule has 17 heavy (non-hydrogen) atoms. The Balaban J connectivity index is 1.87. The second kappa shape index (κ2) is 4.79. The molecule has 0 atom stereocenters. The highest BCUT2D eigenvalue weighted by atomic mass is 32.2. The van der Waals surface area contributed by atoms with Crippen LogP contribution in [0.15, 0.2) is 0 Å². The van der Waals surface area contributed by atoms with Gasteiger partial charge in [-0.15, -0.1) is 0 Å². The van der Waals surface area contributed by atoms with Crippen LogP contribution in [0.4, 0.5) is 4.79 Å². The van der Waals surface area contributed by atoms with Crippen molar-refractivity contribution < 1.29 is 17.9 Å². The monoisotopic (exact) mass is 263 g/mol. The zero-order valence-corrected chi connectivity index (χ0v) is 10.6. The number of nitrogens with zero attached hydrogens (tertiary/aromatic N) is 3. The summed E-state index contributed by atoms with van der Waals surface area (Å²) < 4.78 is 31.5. The molecule has 0 aromatic heterocycles. The lowest BCUT2D eigenvalue weighted by Crippen LogP contribution is -2.51. The molecule has 0 saturated carbocycles. The Kier molecular flexibility index (Phi) is 3.55. The normalized spacial score (nSPS) is 22.5. The van der Waals surface area contributed by atoms with Crippen LogP contribution in [-0.4, -0.2) is 73.9 Å². The summed E-state index contributed by atoms with van der Waals surface area (Å²) >= 11 is 0. The molecular weight excluding hydrogens is 246 g/mol. The van der Waals surface area contributed by atoms with E-state index in [0.29, 0.717) is 45.9 Å². The molecule has 0 unspecified atom stereocenters. The van der Waals surface area contributed by atoms with Crippen molar-refractivity contribution in [3.8, 4) is 0 Å². The van der Waals surface area contributed by atoms with Crippen LogP contribution in [0.1, 0.15) is 6.92 Å². The van der Waals surface area contributed by atoms with Crippen molar-refractivity contribution in [1.82, 2.24) is 13.5 Å². The summed E-state index contributed by atoms with van der Waals surface area (Å²) in [7, 11) is -3.26.